The van der Waals surface area contributed by atoms with Crippen LogP contribution >= 0.6 is 0 Å². The summed E-state index contributed by atoms with van der Waals surface area (Å²) in [7, 11) is 0. The van der Waals surface area contributed by atoms with Crippen LogP contribution in [0.3, 0.4) is 0 Å². The minimum absolute atomic E-state index is 0.191. The Hall–Kier alpha value is -3.06. The Bertz CT molecular complexity index is 1070. The molecule has 27 heavy (non-hydrogen) atoms. The van der Waals surface area contributed by atoms with Gasteiger partial charge < -0.3 is 9.75 Å². The molecule has 0 saturated carbocycles. The maximum absolute atomic E-state index is 15.0. The van der Waals surface area contributed by atoms with Crippen molar-refractivity contribution in [3.63, 3.8) is 0 Å². The lowest BCUT2D eigenvalue weighted by atomic mass is 9.95. The molecule has 1 aliphatic rings. The van der Waals surface area contributed by atoms with Crippen LogP contribution in [0.2, 0.25) is 0 Å². The molecule has 0 fully saturated rings. The summed E-state index contributed by atoms with van der Waals surface area (Å²) in [5.41, 5.74) is 0.170. The second-order valence-corrected chi connectivity index (χ2v) is 6.27. The van der Waals surface area contributed by atoms with Gasteiger partial charge in [-0.3, -0.25) is 4.79 Å². The van der Waals surface area contributed by atoms with Crippen LogP contribution in [0.5, 0.6) is 5.88 Å². The van der Waals surface area contributed by atoms with Gasteiger partial charge in [-0.25, -0.2) is 19.6 Å². The fraction of sp³-hybridized carbons (Fsp3) is 0.200. The third-order valence-corrected chi connectivity index (χ3v) is 4.73. The van der Waals surface area contributed by atoms with Crippen LogP contribution in [0.1, 0.15) is 28.4 Å². The molecule has 0 saturated heterocycles. The fourth-order valence-electron chi connectivity index (χ4n) is 3.47. The summed E-state index contributed by atoms with van der Waals surface area (Å²) in [6.07, 6.45) is 1.83. The van der Waals surface area contributed by atoms with Crippen LogP contribution in [-0.2, 0) is 6.42 Å². The average Bonchev–Trinajstić information content (AvgIpc) is 3.03. The second kappa shape index (κ2) is 6.59. The average molecular weight is 369 g/mol. The van der Waals surface area contributed by atoms with Crippen LogP contribution in [0, 0.1) is 11.6 Å². The van der Waals surface area contributed by atoms with E-state index in [0.717, 1.165) is 6.07 Å². The van der Waals surface area contributed by atoms with Gasteiger partial charge in [-0.1, -0.05) is 12.1 Å². The molecule has 0 atom stereocenters. The number of hydrazine groups is 1. The van der Waals surface area contributed by atoms with E-state index in [0.29, 0.717) is 36.2 Å². The van der Waals surface area contributed by atoms with E-state index in [9.17, 15) is 13.6 Å². The van der Waals surface area contributed by atoms with E-state index < -0.39 is 23.0 Å². The van der Waals surface area contributed by atoms with Gasteiger partial charge in [0.2, 0.25) is 5.88 Å². The number of pyridine rings is 1. The van der Waals surface area contributed by atoms with Crippen molar-refractivity contribution in [2.24, 2.45) is 5.84 Å². The minimum atomic E-state index is -0.926. The van der Waals surface area contributed by atoms with Gasteiger partial charge in [0.15, 0.2) is 5.78 Å². The van der Waals surface area contributed by atoms with Gasteiger partial charge in [0.05, 0.1) is 17.9 Å². The summed E-state index contributed by atoms with van der Waals surface area (Å²) in [5.74, 6) is 3.61. The summed E-state index contributed by atoms with van der Waals surface area (Å²) in [6, 6.07) is 7.70. The molecule has 0 amide bonds. The first kappa shape index (κ1) is 17.4. The molecule has 0 spiro atoms. The van der Waals surface area contributed by atoms with E-state index >= 15 is 0 Å². The number of nitrogens with zero attached hydrogens (tertiary/aromatic N) is 2. The molecule has 1 aromatic heterocycles. The van der Waals surface area contributed by atoms with Crippen LogP contribution in [-0.4, -0.2) is 23.9 Å². The normalized spacial score (nSPS) is 13.1. The number of anilines is 1. The number of fused-ring (bicyclic) bond motifs is 2. The molecule has 2 heterocycles. The van der Waals surface area contributed by atoms with Crippen molar-refractivity contribution in [3.05, 3.63) is 64.9 Å². The minimum Gasteiger partial charge on any atom is -0.478 e. The standard InChI is InChI=1S/C20H17F2N3O2/c1-2-27-20-13-5-3-4-12(11(13)6-8-24-20)19(26)17-15(21)10-16-14(18(17)22)7-9-25(16)23/h3-6,8,10H,2,7,9,23H2,1H3. The molecule has 5 nitrogen and oxygen atoms in total. The lowest BCUT2D eigenvalue weighted by Gasteiger charge is -2.14. The SMILES string of the molecule is CCOc1nccc2c(C(=O)c3c(F)cc4c(c3F)CCN4N)cccc12. The smallest absolute Gasteiger partial charge is 0.221 e. The van der Waals surface area contributed by atoms with Gasteiger partial charge in [-0.2, -0.15) is 0 Å². The van der Waals surface area contributed by atoms with Gasteiger partial charge in [0.1, 0.15) is 11.6 Å². The first-order chi connectivity index (χ1) is 13.0. The van der Waals surface area contributed by atoms with Crippen molar-refractivity contribution in [1.82, 2.24) is 4.98 Å². The van der Waals surface area contributed by atoms with Gasteiger partial charge in [-0.15, -0.1) is 0 Å². The number of aromatic nitrogens is 1. The monoisotopic (exact) mass is 369 g/mol. The molecule has 138 valence electrons. The zero-order valence-corrected chi connectivity index (χ0v) is 14.6. The molecule has 0 radical (unpaired) electrons. The quantitative estimate of drug-likeness (QED) is 0.564. The van der Waals surface area contributed by atoms with E-state index in [1.54, 1.807) is 24.3 Å². The number of ether oxygens (including phenoxy) is 1. The summed E-state index contributed by atoms with van der Waals surface area (Å²) in [4.78, 5) is 17.2. The molecule has 0 aliphatic carbocycles. The first-order valence-electron chi connectivity index (χ1n) is 8.61. The highest BCUT2D eigenvalue weighted by atomic mass is 19.1. The highest BCUT2D eigenvalue weighted by Crippen LogP contribution is 2.34. The van der Waals surface area contributed by atoms with E-state index in [4.69, 9.17) is 10.6 Å². The zero-order valence-electron chi connectivity index (χ0n) is 14.6. The maximum atomic E-state index is 15.0. The molecule has 3 aromatic rings. The van der Waals surface area contributed by atoms with Gasteiger partial charge in [-0.05, 0) is 36.9 Å². The Morgan fingerprint density at radius 1 is 1.30 bits per heavy atom. The molecule has 2 aromatic carbocycles. The van der Waals surface area contributed by atoms with Gasteiger partial charge in [0, 0.05) is 29.3 Å². The van der Waals surface area contributed by atoms with Crippen molar-refractivity contribution >= 4 is 22.2 Å². The number of hydrogen-bond acceptors (Lipinski definition) is 5. The maximum Gasteiger partial charge on any atom is 0.221 e. The van der Waals surface area contributed by atoms with E-state index in [2.05, 4.69) is 4.98 Å². The van der Waals surface area contributed by atoms with Gasteiger partial charge in [0.25, 0.3) is 0 Å². The fourth-order valence-corrected chi connectivity index (χ4v) is 3.47. The number of benzene rings is 2. The number of rotatable bonds is 4. The zero-order chi connectivity index (χ0) is 19.1. The Morgan fingerprint density at radius 3 is 2.89 bits per heavy atom. The third kappa shape index (κ3) is 2.71. The number of halogens is 2. The summed E-state index contributed by atoms with van der Waals surface area (Å²) >= 11 is 0. The summed E-state index contributed by atoms with van der Waals surface area (Å²) in [6.45, 7) is 2.61. The van der Waals surface area contributed by atoms with E-state index in [1.807, 2.05) is 6.92 Å². The molecule has 7 heteroatoms. The Morgan fingerprint density at radius 2 is 2.11 bits per heavy atom. The topological polar surface area (TPSA) is 68.5 Å². The lowest BCUT2D eigenvalue weighted by Crippen LogP contribution is -2.28. The highest BCUT2D eigenvalue weighted by molar-refractivity contribution is 6.17. The number of ketones is 1. The van der Waals surface area contributed by atoms with Crippen LogP contribution in [0.25, 0.3) is 10.8 Å². The Labute approximate surface area is 154 Å². The lowest BCUT2D eigenvalue weighted by molar-refractivity contribution is 0.103. The molecule has 4 rings (SSSR count). The molecule has 0 bridgehead atoms. The molecule has 0 unspecified atom stereocenters. The number of carbonyl (C=O) groups is 1. The van der Waals surface area contributed by atoms with Crippen molar-refractivity contribution in [2.45, 2.75) is 13.3 Å². The van der Waals surface area contributed by atoms with E-state index in [-0.39, 0.29) is 16.8 Å². The predicted octanol–water partition coefficient (Wildman–Crippen LogP) is 3.38. The number of carbonyl (C=O) groups excluding carboxylic acids is 1. The number of nitrogens with two attached hydrogens (primary N) is 1. The largest absolute Gasteiger partial charge is 0.478 e. The van der Waals surface area contributed by atoms with Crippen LogP contribution in [0.4, 0.5) is 14.5 Å². The second-order valence-electron chi connectivity index (χ2n) is 6.27. The third-order valence-electron chi connectivity index (χ3n) is 4.73. The number of hydrogen-bond donors (Lipinski definition) is 1. The van der Waals surface area contributed by atoms with Crippen molar-refractivity contribution in [1.29, 1.82) is 0 Å². The van der Waals surface area contributed by atoms with Gasteiger partial charge >= 0.3 is 0 Å². The Kier molecular flexibility index (Phi) is 4.24. The summed E-state index contributed by atoms with van der Waals surface area (Å²) < 4.78 is 35.1. The van der Waals surface area contributed by atoms with E-state index in [1.165, 1.54) is 11.2 Å². The predicted molar refractivity (Wildman–Crippen MR) is 97.9 cm³/mol. The van der Waals surface area contributed by atoms with Crippen LogP contribution in [0.15, 0.2) is 36.5 Å². The first-order valence-corrected chi connectivity index (χ1v) is 8.61. The van der Waals surface area contributed by atoms with Crippen molar-refractivity contribution in [2.75, 3.05) is 18.2 Å². The summed E-state index contributed by atoms with van der Waals surface area (Å²) in [5, 5.41) is 2.43. The molecular weight excluding hydrogens is 352 g/mol. The Balaban J connectivity index is 1.89. The molecule has 1 aliphatic heterocycles. The van der Waals surface area contributed by atoms with Crippen molar-refractivity contribution in [3.8, 4) is 5.88 Å². The molecule has 2 N–H and O–H groups in total. The molecular formula is C20H17F2N3O2. The van der Waals surface area contributed by atoms with Crippen LogP contribution < -0.4 is 15.6 Å². The van der Waals surface area contributed by atoms with Crippen molar-refractivity contribution < 1.29 is 18.3 Å². The highest BCUT2D eigenvalue weighted by Gasteiger charge is 2.29.